The zero-order chi connectivity index (χ0) is 20.6. The van der Waals surface area contributed by atoms with Gasteiger partial charge in [0, 0.05) is 43.7 Å². The lowest BCUT2D eigenvalue weighted by Crippen LogP contribution is -2.33. The molecule has 0 bridgehead atoms. The second-order valence-corrected chi connectivity index (χ2v) is 7.59. The van der Waals surface area contributed by atoms with Crippen molar-refractivity contribution in [1.82, 2.24) is 9.47 Å². The van der Waals surface area contributed by atoms with Crippen LogP contribution in [0.3, 0.4) is 0 Å². The van der Waals surface area contributed by atoms with Gasteiger partial charge in [-0.1, -0.05) is 53.5 Å². The van der Waals surface area contributed by atoms with Crippen LogP contribution >= 0.6 is 23.2 Å². The summed E-state index contributed by atoms with van der Waals surface area (Å²) in [5, 5.41) is 1.19. The first-order valence-corrected chi connectivity index (χ1v) is 10.3. The lowest BCUT2D eigenvalue weighted by molar-refractivity contribution is 0.0720. The lowest BCUT2D eigenvalue weighted by Gasteiger charge is -2.24. The average Bonchev–Trinajstić information content (AvgIpc) is 3.15. The van der Waals surface area contributed by atoms with Crippen LogP contribution in [0.1, 0.15) is 28.0 Å². The summed E-state index contributed by atoms with van der Waals surface area (Å²) in [6.45, 7) is 2.29. The van der Waals surface area contributed by atoms with Gasteiger partial charge in [0.2, 0.25) is 0 Å². The minimum atomic E-state index is -0.0859. The maximum Gasteiger partial charge on any atom is 0.255 e. The first-order chi connectivity index (χ1) is 14.1. The molecule has 0 N–H and O–H groups in total. The molecule has 0 saturated carbocycles. The summed E-state index contributed by atoms with van der Waals surface area (Å²) in [6, 6.07) is 19.0. The van der Waals surface area contributed by atoms with Crippen molar-refractivity contribution in [1.29, 1.82) is 0 Å². The van der Waals surface area contributed by atoms with E-state index in [0.29, 0.717) is 36.8 Å². The van der Waals surface area contributed by atoms with E-state index in [0.717, 1.165) is 22.7 Å². The highest BCUT2D eigenvalue weighted by atomic mass is 35.5. The van der Waals surface area contributed by atoms with Crippen molar-refractivity contribution in [3.63, 3.8) is 0 Å². The van der Waals surface area contributed by atoms with Crippen molar-refractivity contribution >= 4 is 29.1 Å². The maximum absolute atomic E-state index is 13.2. The number of hydrogen-bond acceptors (Lipinski definition) is 2. The van der Waals surface area contributed by atoms with E-state index >= 15 is 0 Å². The molecule has 6 heteroatoms. The zero-order valence-electron chi connectivity index (χ0n) is 16.4. The zero-order valence-corrected chi connectivity index (χ0v) is 17.9. The van der Waals surface area contributed by atoms with E-state index in [4.69, 9.17) is 27.9 Å². The molecule has 3 rings (SSSR count). The molecule has 1 amide bonds. The van der Waals surface area contributed by atoms with Gasteiger partial charge in [0.15, 0.2) is 0 Å². The van der Waals surface area contributed by atoms with Gasteiger partial charge >= 0.3 is 0 Å². The number of amides is 1. The fourth-order valence-electron chi connectivity index (χ4n) is 3.21. The summed E-state index contributed by atoms with van der Waals surface area (Å²) in [5.41, 5.74) is 2.58. The molecule has 0 atom stereocenters. The number of carbonyl (C=O) groups is 1. The number of benzene rings is 2. The number of ether oxygens (including phenoxy) is 1. The average molecular weight is 431 g/mol. The number of halogens is 2. The van der Waals surface area contributed by atoms with Crippen molar-refractivity contribution in [2.75, 3.05) is 20.3 Å². The van der Waals surface area contributed by atoms with Crippen molar-refractivity contribution < 1.29 is 9.53 Å². The Morgan fingerprint density at radius 3 is 2.45 bits per heavy atom. The van der Waals surface area contributed by atoms with Crippen LogP contribution in [0.4, 0.5) is 0 Å². The van der Waals surface area contributed by atoms with E-state index in [9.17, 15) is 4.79 Å². The first-order valence-electron chi connectivity index (χ1n) is 9.50. The second kappa shape index (κ2) is 10.5. The van der Waals surface area contributed by atoms with Crippen LogP contribution in [0, 0.1) is 0 Å². The second-order valence-electron chi connectivity index (χ2n) is 6.77. The molecule has 0 fully saturated rings. The van der Waals surface area contributed by atoms with Gasteiger partial charge in [-0.15, -0.1) is 0 Å². The summed E-state index contributed by atoms with van der Waals surface area (Å²) >= 11 is 12.6. The van der Waals surface area contributed by atoms with Gasteiger partial charge in [-0.3, -0.25) is 4.79 Å². The molecule has 3 aromatic rings. The number of rotatable bonds is 9. The molecule has 0 aliphatic rings. The molecule has 0 saturated heterocycles. The van der Waals surface area contributed by atoms with Crippen LogP contribution in [-0.4, -0.2) is 35.6 Å². The lowest BCUT2D eigenvalue weighted by atomic mass is 10.2. The van der Waals surface area contributed by atoms with E-state index in [2.05, 4.69) is 4.57 Å². The van der Waals surface area contributed by atoms with Gasteiger partial charge in [-0.2, -0.15) is 0 Å². The van der Waals surface area contributed by atoms with Crippen LogP contribution in [0.25, 0.3) is 0 Å². The smallest absolute Gasteiger partial charge is 0.255 e. The molecule has 0 unspecified atom stereocenters. The summed E-state index contributed by atoms with van der Waals surface area (Å²) < 4.78 is 7.28. The molecule has 1 aromatic heterocycles. The number of aromatic nitrogens is 1. The Balaban J connectivity index is 1.81. The Kier molecular flexibility index (Phi) is 7.76. The van der Waals surface area contributed by atoms with Gasteiger partial charge in [0.1, 0.15) is 0 Å². The van der Waals surface area contributed by atoms with Gasteiger partial charge in [0.25, 0.3) is 5.91 Å². The third kappa shape index (κ3) is 5.63. The van der Waals surface area contributed by atoms with Crippen LogP contribution in [0.15, 0.2) is 66.9 Å². The van der Waals surface area contributed by atoms with Crippen LogP contribution < -0.4 is 0 Å². The first kappa shape index (κ1) is 21.4. The largest absolute Gasteiger partial charge is 0.385 e. The molecule has 2 aromatic carbocycles. The van der Waals surface area contributed by atoms with Crippen molar-refractivity contribution in [3.8, 4) is 0 Å². The van der Waals surface area contributed by atoms with Gasteiger partial charge in [-0.25, -0.2) is 0 Å². The third-order valence-electron chi connectivity index (χ3n) is 4.74. The molecule has 0 aliphatic heterocycles. The van der Waals surface area contributed by atoms with E-state index in [1.54, 1.807) is 19.2 Å². The number of carbonyl (C=O) groups excluding carboxylic acids is 1. The third-order valence-corrected chi connectivity index (χ3v) is 5.44. The molecule has 0 aliphatic carbocycles. The van der Waals surface area contributed by atoms with Gasteiger partial charge < -0.3 is 14.2 Å². The molecule has 0 radical (unpaired) electrons. The molecular weight excluding hydrogens is 407 g/mol. The van der Waals surface area contributed by atoms with Crippen LogP contribution in [-0.2, 0) is 17.8 Å². The minimum absolute atomic E-state index is 0.0859. The molecule has 4 nitrogen and oxygen atoms in total. The van der Waals surface area contributed by atoms with Crippen LogP contribution in [0.5, 0.6) is 0 Å². The highest BCUT2D eigenvalue weighted by molar-refractivity contribution is 6.33. The summed E-state index contributed by atoms with van der Waals surface area (Å²) in [7, 11) is 1.66. The van der Waals surface area contributed by atoms with Crippen molar-refractivity contribution in [2.24, 2.45) is 0 Å². The standard InChI is InChI=1S/C23H24Cl2N2O2/c1-29-15-7-14-27(23(28)20-10-3-5-12-22(20)25)17-19-9-6-13-26(19)16-18-8-2-4-11-21(18)24/h2-6,8-13H,7,14-17H2,1H3. The normalized spacial score (nSPS) is 10.9. The SMILES string of the molecule is COCCCN(Cc1cccn1Cc1ccccc1Cl)C(=O)c1ccccc1Cl. The Morgan fingerprint density at radius 2 is 1.72 bits per heavy atom. The summed E-state index contributed by atoms with van der Waals surface area (Å²) in [5.74, 6) is -0.0859. The van der Waals surface area contributed by atoms with E-state index in [-0.39, 0.29) is 5.91 Å². The Hall–Kier alpha value is -2.27. The maximum atomic E-state index is 13.2. The minimum Gasteiger partial charge on any atom is -0.385 e. The highest BCUT2D eigenvalue weighted by Gasteiger charge is 2.19. The van der Waals surface area contributed by atoms with E-state index < -0.39 is 0 Å². The molecule has 152 valence electrons. The fraction of sp³-hybridized carbons (Fsp3) is 0.261. The summed E-state index contributed by atoms with van der Waals surface area (Å²) in [6.07, 6.45) is 2.75. The predicted octanol–water partition coefficient (Wildman–Crippen LogP) is 5.52. The Labute approximate surface area is 181 Å². The summed E-state index contributed by atoms with van der Waals surface area (Å²) in [4.78, 5) is 15.0. The fourth-order valence-corrected chi connectivity index (χ4v) is 3.62. The predicted molar refractivity (Wildman–Crippen MR) is 118 cm³/mol. The van der Waals surface area contributed by atoms with E-state index in [1.807, 2.05) is 59.6 Å². The monoisotopic (exact) mass is 430 g/mol. The van der Waals surface area contributed by atoms with Crippen molar-refractivity contribution in [3.05, 3.63) is 93.7 Å². The molecule has 1 heterocycles. The number of methoxy groups -OCH3 is 1. The molecular formula is C23H24Cl2N2O2. The number of nitrogens with zero attached hydrogens (tertiary/aromatic N) is 2. The van der Waals surface area contributed by atoms with Gasteiger partial charge in [-0.05, 0) is 42.3 Å². The molecule has 0 spiro atoms. The Morgan fingerprint density at radius 1 is 1.00 bits per heavy atom. The number of hydrogen-bond donors (Lipinski definition) is 0. The van der Waals surface area contributed by atoms with Crippen LogP contribution in [0.2, 0.25) is 10.0 Å². The van der Waals surface area contributed by atoms with E-state index in [1.165, 1.54) is 0 Å². The topological polar surface area (TPSA) is 34.5 Å². The quantitative estimate of drug-likeness (QED) is 0.418. The Bertz CT molecular complexity index is 955. The molecule has 29 heavy (non-hydrogen) atoms. The highest BCUT2D eigenvalue weighted by Crippen LogP contribution is 2.21. The van der Waals surface area contributed by atoms with Crippen molar-refractivity contribution in [2.45, 2.75) is 19.5 Å². The van der Waals surface area contributed by atoms with Gasteiger partial charge in [0.05, 0.1) is 17.1 Å².